The van der Waals surface area contributed by atoms with E-state index in [2.05, 4.69) is 9.64 Å². The van der Waals surface area contributed by atoms with Gasteiger partial charge in [-0.1, -0.05) is 30.3 Å². The highest BCUT2D eigenvalue weighted by molar-refractivity contribution is 7.99. The summed E-state index contributed by atoms with van der Waals surface area (Å²) in [7, 11) is 0. The molecule has 0 aliphatic carbocycles. The molecule has 0 bridgehead atoms. The van der Waals surface area contributed by atoms with Gasteiger partial charge in [0.2, 0.25) is 0 Å². The van der Waals surface area contributed by atoms with Crippen LogP contribution in [0.4, 0.5) is 23.2 Å². The molecule has 2 N–H and O–H groups in total. The average molecular weight is 559 g/mol. The van der Waals surface area contributed by atoms with Crippen molar-refractivity contribution in [2.24, 2.45) is 0 Å². The first-order chi connectivity index (χ1) is 18.8. The van der Waals surface area contributed by atoms with Crippen LogP contribution in [0.25, 0.3) is 11.1 Å². The summed E-state index contributed by atoms with van der Waals surface area (Å²) in [6.07, 6.45) is -2.49. The lowest BCUT2D eigenvalue weighted by molar-refractivity contribution is -0.274. The molecule has 39 heavy (non-hydrogen) atoms. The number of anilines is 1. The van der Waals surface area contributed by atoms with E-state index in [1.54, 1.807) is 23.9 Å². The molecule has 2 aliphatic rings. The molecular weight excluding hydrogens is 528 g/mol. The lowest BCUT2D eigenvalue weighted by Gasteiger charge is -2.19. The molecule has 2 aliphatic heterocycles. The van der Waals surface area contributed by atoms with Crippen molar-refractivity contribution in [1.29, 1.82) is 0 Å². The van der Waals surface area contributed by atoms with Crippen LogP contribution in [-0.2, 0) is 0 Å². The molecule has 0 amide bonds. The number of thioether (sulfide) groups is 1. The molecular formula is C30H30F4N2O2S. The predicted molar refractivity (Wildman–Crippen MR) is 148 cm³/mol. The van der Waals surface area contributed by atoms with Crippen LogP contribution in [0.5, 0.6) is 11.5 Å². The summed E-state index contributed by atoms with van der Waals surface area (Å²) in [5, 5.41) is 0. The molecule has 0 spiro atoms. The maximum Gasteiger partial charge on any atom is 0.573 e. The van der Waals surface area contributed by atoms with Crippen LogP contribution in [0.2, 0.25) is 0 Å². The summed E-state index contributed by atoms with van der Waals surface area (Å²) < 4.78 is 60.9. The molecule has 9 heteroatoms. The summed E-state index contributed by atoms with van der Waals surface area (Å²) in [6.45, 7) is 2.14. The number of nitrogens with zero attached hydrogens (tertiary/aromatic N) is 1. The van der Waals surface area contributed by atoms with E-state index >= 15 is 0 Å². The number of nitrogen functional groups attached to an aromatic ring is 1. The third-order valence-corrected chi connectivity index (χ3v) is 7.96. The quantitative estimate of drug-likeness (QED) is 0.230. The molecule has 3 aromatic rings. The number of hydrogen-bond donors (Lipinski definition) is 1. The predicted octanol–water partition coefficient (Wildman–Crippen LogP) is 7.44. The van der Waals surface area contributed by atoms with E-state index in [1.165, 1.54) is 12.1 Å². The third-order valence-electron chi connectivity index (χ3n) is 6.91. The zero-order valence-electron chi connectivity index (χ0n) is 21.3. The maximum absolute atomic E-state index is 12.7. The van der Waals surface area contributed by atoms with Crippen LogP contribution in [0.15, 0.2) is 71.6 Å². The molecule has 206 valence electrons. The summed E-state index contributed by atoms with van der Waals surface area (Å²) in [4.78, 5) is 3.30. The van der Waals surface area contributed by atoms with Crippen molar-refractivity contribution in [3.63, 3.8) is 0 Å². The van der Waals surface area contributed by atoms with Gasteiger partial charge < -0.3 is 15.2 Å². The molecule has 3 aromatic carbocycles. The Kier molecular flexibility index (Phi) is 8.37. The number of nitrogens with two attached hydrogens (primary N) is 1. The third kappa shape index (κ3) is 6.89. The molecule has 0 aromatic heterocycles. The van der Waals surface area contributed by atoms with E-state index in [0.717, 1.165) is 76.7 Å². The fraction of sp³-hybridized carbons (Fsp3) is 0.333. The van der Waals surface area contributed by atoms with Gasteiger partial charge in [0.15, 0.2) is 0 Å². The Labute approximate surface area is 229 Å². The standard InChI is InChI=1S/C30H30F4N2O2S/c31-14-1-15-36-16-12-25(19-36)37-23-7-4-21(5-8-23)29-26(13-17-39-28-18-22(35)6-11-27(28)29)20-2-9-24(10-3-20)38-30(32,33)34/h2-11,18,25H,1,12-17,19,35H2. The van der Waals surface area contributed by atoms with Crippen LogP contribution in [-0.4, -0.2) is 49.4 Å². The first-order valence-corrected chi connectivity index (χ1v) is 13.9. The average Bonchev–Trinajstić information content (AvgIpc) is 3.26. The Morgan fingerprint density at radius 1 is 0.949 bits per heavy atom. The van der Waals surface area contributed by atoms with Gasteiger partial charge in [-0.05, 0) is 83.5 Å². The van der Waals surface area contributed by atoms with Gasteiger partial charge in [-0.25, -0.2) is 0 Å². The number of fused-ring (bicyclic) bond motifs is 1. The van der Waals surface area contributed by atoms with Crippen LogP contribution >= 0.6 is 11.8 Å². The molecule has 1 unspecified atom stereocenters. The smallest absolute Gasteiger partial charge is 0.489 e. The second kappa shape index (κ2) is 11.9. The Balaban J connectivity index is 1.45. The summed E-state index contributed by atoms with van der Waals surface area (Å²) in [6, 6.07) is 19.9. The van der Waals surface area contributed by atoms with Crippen molar-refractivity contribution in [3.05, 3.63) is 83.4 Å². The maximum atomic E-state index is 12.7. The molecule has 0 radical (unpaired) electrons. The highest BCUT2D eigenvalue weighted by Crippen LogP contribution is 2.44. The number of allylic oxidation sites excluding steroid dienone is 1. The fourth-order valence-corrected chi connectivity index (χ4v) is 6.24. The van der Waals surface area contributed by atoms with Crippen molar-refractivity contribution in [2.75, 3.05) is 37.8 Å². The van der Waals surface area contributed by atoms with Gasteiger partial charge in [0.1, 0.15) is 17.6 Å². The first-order valence-electron chi connectivity index (χ1n) is 13.0. The zero-order chi connectivity index (χ0) is 27.4. The molecule has 4 nitrogen and oxygen atoms in total. The summed E-state index contributed by atoms with van der Waals surface area (Å²) in [5.74, 6) is 1.33. The van der Waals surface area contributed by atoms with Crippen molar-refractivity contribution < 1.29 is 27.0 Å². The highest BCUT2D eigenvalue weighted by Gasteiger charge is 2.31. The number of benzene rings is 3. The molecule has 1 saturated heterocycles. The normalized spacial score (nSPS) is 18.1. The monoisotopic (exact) mass is 558 g/mol. The van der Waals surface area contributed by atoms with Gasteiger partial charge in [-0.2, -0.15) is 0 Å². The van der Waals surface area contributed by atoms with Crippen molar-refractivity contribution in [3.8, 4) is 11.5 Å². The van der Waals surface area contributed by atoms with E-state index < -0.39 is 6.36 Å². The van der Waals surface area contributed by atoms with Crippen LogP contribution in [0.3, 0.4) is 0 Å². The minimum Gasteiger partial charge on any atom is -0.489 e. The molecule has 0 saturated carbocycles. The van der Waals surface area contributed by atoms with E-state index in [9.17, 15) is 17.6 Å². The van der Waals surface area contributed by atoms with Crippen molar-refractivity contribution >= 4 is 28.6 Å². The molecule has 1 fully saturated rings. The van der Waals surface area contributed by atoms with Gasteiger partial charge >= 0.3 is 6.36 Å². The first kappa shape index (κ1) is 27.4. The Morgan fingerprint density at radius 2 is 1.67 bits per heavy atom. The second-order valence-corrected chi connectivity index (χ2v) is 10.8. The largest absolute Gasteiger partial charge is 0.573 e. The second-order valence-electron chi connectivity index (χ2n) is 9.68. The Bertz CT molecular complexity index is 1310. The van der Waals surface area contributed by atoms with E-state index in [4.69, 9.17) is 10.5 Å². The lowest BCUT2D eigenvalue weighted by Crippen LogP contribution is -2.26. The van der Waals surface area contributed by atoms with Crippen LogP contribution in [0.1, 0.15) is 36.0 Å². The number of ether oxygens (including phenoxy) is 2. The number of hydrogen-bond acceptors (Lipinski definition) is 5. The van der Waals surface area contributed by atoms with E-state index in [1.807, 2.05) is 42.5 Å². The topological polar surface area (TPSA) is 47.7 Å². The molecule has 1 atom stereocenters. The van der Waals surface area contributed by atoms with Crippen molar-refractivity contribution in [2.45, 2.75) is 36.6 Å². The van der Waals surface area contributed by atoms with Gasteiger partial charge in [0.25, 0.3) is 0 Å². The number of likely N-dealkylation sites (tertiary alicyclic amines) is 1. The highest BCUT2D eigenvalue weighted by atomic mass is 32.2. The summed E-state index contributed by atoms with van der Waals surface area (Å²) >= 11 is 1.71. The lowest BCUT2D eigenvalue weighted by atomic mass is 9.88. The number of halogens is 4. The van der Waals surface area contributed by atoms with Crippen LogP contribution < -0.4 is 15.2 Å². The molecule has 5 rings (SSSR count). The van der Waals surface area contributed by atoms with Gasteiger partial charge in [0.05, 0.1) is 6.67 Å². The van der Waals surface area contributed by atoms with Crippen molar-refractivity contribution in [1.82, 2.24) is 4.90 Å². The Morgan fingerprint density at radius 3 is 2.38 bits per heavy atom. The van der Waals surface area contributed by atoms with Gasteiger partial charge in [0, 0.05) is 36.0 Å². The SMILES string of the molecule is Nc1ccc2c(c1)SCCC(c1ccc(OC(F)(F)F)cc1)=C2c1ccc(OC2CCN(CCCF)C2)cc1. The Hall–Kier alpha value is -3.17. The zero-order valence-corrected chi connectivity index (χ0v) is 22.2. The van der Waals surface area contributed by atoms with Gasteiger partial charge in [-0.15, -0.1) is 24.9 Å². The molecule has 2 heterocycles. The summed E-state index contributed by atoms with van der Waals surface area (Å²) in [5.41, 5.74) is 11.7. The minimum absolute atomic E-state index is 0.0700. The number of rotatable bonds is 8. The van der Waals surface area contributed by atoms with E-state index in [-0.39, 0.29) is 18.5 Å². The van der Waals surface area contributed by atoms with Gasteiger partial charge in [-0.3, -0.25) is 9.29 Å². The van der Waals surface area contributed by atoms with Crippen LogP contribution in [0, 0.1) is 0 Å². The fourth-order valence-electron chi connectivity index (χ4n) is 5.16. The number of alkyl halides is 4. The minimum atomic E-state index is -4.74. The van der Waals surface area contributed by atoms with E-state index in [0.29, 0.717) is 12.1 Å².